The van der Waals surface area contributed by atoms with Gasteiger partial charge in [-0.05, 0) is 57.0 Å². The Morgan fingerprint density at radius 1 is 1.33 bits per heavy atom. The predicted molar refractivity (Wildman–Crippen MR) is 97.1 cm³/mol. The van der Waals surface area contributed by atoms with Crippen molar-refractivity contribution in [2.24, 2.45) is 5.92 Å². The van der Waals surface area contributed by atoms with Crippen molar-refractivity contribution in [1.82, 2.24) is 10.2 Å². The molecule has 132 valence electrons. The molecule has 2 rings (SSSR count). The van der Waals surface area contributed by atoms with Crippen molar-refractivity contribution >= 4 is 29.1 Å². The van der Waals surface area contributed by atoms with Crippen LogP contribution in [0.4, 0.5) is 5.69 Å². The van der Waals surface area contributed by atoms with Crippen LogP contribution in [0.5, 0.6) is 0 Å². The molecule has 1 saturated heterocycles. The zero-order valence-electron chi connectivity index (χ0n) is 14.3. The van der Waals surface area contributed by atoms with E-state index >= 15 is 0 Å². The van der Waals surface area contributed by atoms with Gasteiger partial charge in [0.05, 0.1) is 6.54 Å². The van der Waals surface area contributed by atoms with Crippen molar-refractivity contribution < 1.29 is 9.59 Å². The summed E-state index contributed by atoms with van der Waals surface area (Å²) in [6, 6.07) is 7.30. The minimum absolute atomic E-state index is 0.0103. The minimum atomic E-state index is -0.180. The second kappa shape index (κ2) is 9.04. The average molecular weight is 352 g/mol. The molecular weight excluding hydrogens is 326 g/mol. The van der Waals surface area contributed by atoms with E-state index in [0.717, 1.165) is 25.8 Å². The molecule has 1 fully saturated rings. The molecule has 6 heteroatoms. The lowest BCUT2D eigenvalue weighted by molar-refractivity contribution is -0.139. The maximum atomic E-state index is 12.8. The van der Waals surface area contributed by atoms with Crippen LogP contribution in [0.1, 0.15) is 33.1 Å². The van der Waals surface area contributed by atoms with Gasteiger partial charge in [0, 0.05) is 29.2 Å². The lowest BCUT2D eigenvalue weighted by Gasteiger charge is -2.31. The number of nitrogens with one attached hydrogen (secondary N) is 2. The lowest BCUT2D eigenvalue weighted by atomic mass is 9.92. The Labute approximate surface area is 148 Å². The first kappa shape index (κ1) is 18.7. The predicted octanol–water partition coefficient (Wildman–Crippen LogP) is 2.91. The summed E-state index contributed by atoms with van der Waals surface area (Å²) in [6.45, 7) is 5.66. The van der Waals surface area contributed by atoms with Gasteiger partial charge in [-0.1, -0.05) is 18.5 Å². The highest BCUT2D eigenvalue weighted by Gasteiger charge is 2.29. The number of piperidine rings is 1. The number of amides is 2. The van der Waals surface area contributed by atoms with E-state index in [1.165, 1.54) is 0 Å². The lowest BCUT2D eigenvalue weighted by Crippen LogP contribution is -2.46. The smallest absolute Gasteiger partial charge is 0.243 e. The molecule has 2 amide bonds. The van der Waals surface area contributed by atoms with E-state index in [1.807, 2.05) is 6.92 Å². The molecule has 2 N–H and O–H groups in total. The first-order valence-corrected chi connectivity index (χ1v) is 8.95. The summed E-state index contributed by atoms with van der Waals surface area (Å²) in [5, 5.41) is 6.80. The van der Waals surface area contributed by atoms with Gasteiger partial charge >= 0.3 is 0 Å². The summed E-state index contributed by atoms with van der Waals surface area (Å²) >= 11 is 5.84. The third-order valence-electron chi connectivity index (χ3n) is 4.24. The van der Waals surface area contributed by atoms with Gasteiger partial charge < -0.3 is 15.5 Å². The third kappa shape index (κ3) is 5.49. The summed E-state index contributed by atoms with van der Waals surface area (Å²) in [5.41, 5.74) is 0.684. The van der Waals surface area contributed by atoms with E-state index in [1.54, 1.807) is 29.2 Å². The summed E-state index contributed by atoms with van der Waals surface area (Å²) < 4.78 is 0. The fourth-order valence-corrected chi connectivity index (χ4v) is 3.18. The van der Waals surface area contributed by atoms with E-state index in [0.29, 0.717) is 23.3 Å². The molecule has 1 heterocycles. The molecule has 1 aromatic carbocycles. The number of halogens is 1. The maximum absolute atomic E-state index is 12.8. The maximum Gasteiger partial charge on any atom is 0.243 e. The van der Waals surface area contributed by atoms with E-state index in [9.17, 15) is 9.59 Å². The number of hydrogen-bond acceptors (Lipinski definition) is 3. The highest BCUT2D eigenvalue weighted by atomic mass is 35.5. The molecule has 0 saturated carbocycles. The summed E-state index contributed by atoms with van der Waals surface area (Å²) in [6.07, 6.45) is 2.50. The van der Waals surface area contributed by atoms with Gasteiger partial charge in [-0.2, -0.15) is 0 Å². The molecule has 1 aromatic rings. The average Bonchev–Trinajstić information content (AvgIpc) is 2.56. The standard InChI is InChI=1S/C18H26ClN3O2/c1-3-10-22(18(24)14-8-9-20-13(2)11-14)12-17(23)21-16-6-4-15(19)5-7-16/h4-7,13-14,20H,3,8-12H2,1-2H3,(H,21,23)/t13-,14-/m0/s1. The summed E-state index contributed by atoms with van der Waals surface area (Å²) in [4.78, 5) is 26.7. The van der Waals surface area contributed by atoms with Crippen molar-refractivity contribution in [3.63, 3.8) is 0 Å². The molecule has 0 aromatic heterocycles. The van der Waals surface area contributed by atoms with Crippen LogP contribution >= 0.6 is 11.6 Å². The van der Waals surface area contributed by atoms with Crippen LogP contribution in [-0.4, -0.2) is 42.4 Å². The van der Waals surface area contributed by atoms with Crippen molar-refractivity contribution in [2.45, 2.75) is 39.2 Å². The van der Waals surface area contributed by atoms with Gasteiger partial charge in [-0.3, -0.25) is 9.59 Å². The Balaban J connectivity index is 1.95. The van der Waals surface area contributed by atoms with Crippen molar-refractivity contribution in [3.8, 4) is 0 Å². The second-order valence-electron chi connectivity index (χ2n) is 6.39. The highest BCUT2D eigenvalue weighted by Crippen LogP contribution is 2.19. The molecule has 1 aliphatic rings. The number of benzene rings is 1. The Morgan fingerprint density at radius 2 is 2.04 bits per heavy atom. The Kier molecular flexibility index (Phi) is 7.06. The van der Waals surface area contributed by atoms with Gasteiger partial charge in [0.1, 0.15) is 0 Å². The van der Waals surface area contributed by atoms with Crippen molar-refractivity contribution in [3.05, 3.63) is 29.3 Å². The first-order valence-electron chi connectivity index (χ1n) is 8.57. The number of carbonyl (C=O) groups is 2. The molecule has 0 spiro atoms. The van der Waals surface area contributed by atoms with Gasteiger partial charge in [0.25, 0.3) is 0 Å². The quantitative estimate of drug-likeness (QED) is 0.828. The Hall–Kier alpha value is -1.59. The highest BCUT2D eigenvalue weighted by molar-refractivity contribution is 6.30. The topological polar surface area (TPSA) is 61.4 Å². The Bertz CT molecular complexity index is 562. The number of hydrogen-bond donors (Lipinski definition) is 2. The van der Waals surface area contributed by atoms with E-state index in [4.69, 9.17) is 11.6 Å². The largest absolute Gasteiger partial charge is 0.333 e. The van der Waals surface area contributed by atoms with Crippen LogP contribution < -0.4 is 10.6 Å². The molecular formula is C18H26ClN3O2. The SMILES string of the molecule is CCCN(CC(=O)Nc1ccc(Cl)cc1)C(=O)[C@H]1CCN[C@@H](C)C1. The summed E-state index contributed by atoms with van der Waals surface area (Å²) in [5.74, 6) is -0.0753. The number of anilines is 1. The monoisotopic (exact) mass is 351 g/mol. The Morgan fingerprint density at radius 3 is 2.67 bits per heavy atom. The van der Waals surface area contributed by atoms with Crippen LogP contribution in [0.25, 0.3) is 0 Å². The fourth-order valence-electron chi connectivity index (χ4n) is 3.06. The van der Waals surface area contributed by atoms with E-state index in [-0.39, 0.29) is 24.3 Å². The van der Waals surface area contributed by atoms with Crippen LogP contribution in [0.3, 0.4) is 0 Å². The number of carbonyl (C=O) groups excluding carboxylic acids is 2. The van der Waals surface area contributed by atoms with E-state index in [2.05, 4.69) is 17.6 Å². The normalized spacial score (nSPS) is 20.5. The summed E-state index contributed by atoms with van der Waals surface area (Å²) in [7, 11) is 0. The molecule has 0 aliphatic carbocycles. The van der Waals surface area contributed by atoms with Crippen molar-refractivity contribution in [1.29, 1.82) is 0 Å². The molecule has 0 radical (unpaired) electrons. The minimum Gasteiger partial charge on any atom is -0.333 e. The van der Waals surface area contributed by atoms with Crippen molar-refractivity contribution in [2.75, 3.05) is 25.0 Å². The molecule has 24 heavy (non-hydrogen) atoms. The van der Waals surface area contributed by atoms with Gasteiger partial charge in [-0.15, -0.1) is 0 Å². The third-order valence-corrected chi connectivity index (χ3v) is 4.49. The second-order valence-corrected chi connectivity index (χ2v) is 6.83. The zero-order valence-corrected chi connectivity index (χ0v) is 15.1. The molecule has 0 bridgehead atoms. The molecule has 5 nitrogen and oxygen atoms in total. The molecule has 1 aliphatic heterocycles. The van der Waals surface area contributed by atoms with Gasteiger partial charge in [-0.25, -0.2) is 0 Å². The number of nitrogens with zero attached hydrogens (tertiary/aromatic N) is 1. The van der Waals surface area contributed by atoms with Crippen LogP contribution in [-0.2, 0) is 9.59 Å². The van der Waals surface area contributed by atoms with Crippen LogP contribution in [0, 0.1) is 5.92 Å². The van der Waals surface area contributed by atoms with Crippen LogP contribution in [0.15, 0.2) is 24.3 Å². The van der Waals surface area contributed by atoms with Crippen LogP contribution in [0.2, 0.25) is 5.02 Å². The van der Waals surface area contributed by atoms with Gasteiger partial charge in [0.15, 0.2) is 0 Å². The number of rotatable bonds is 6. The van der Waals surface area contributed by atoms with E-state index < -0.39 is 0 Å². The zero-order chi connectivity index (χ0) is 17.5. The first-order chi connectivity index (χ1) is 11.5. The van der Waals surface area contributed by atoms with Gasteiger partial charge in [0.2, 0.25) is 11.8 Å². The molecule has 2 atom stereocenters. The fraction of sp³-hybridized carbons (Fsp3) is 0.556. The molecule has 0 unspecified atom stereocenters.